The molecule has 0 aliphatic heterocycles. The van der Waals surface area contributed by atoms with Gasteiger partial charge in [0, 0.05) is 16.2 Å². The summed E-state index contributed by atoms with van der Waals surface area (Å²) in [5, 5.41) is 15.4. The number of hydrogen-bond donors (Lipinski definition) is 0. The van der Waals surface area contributed by atoms with Crippen LogP contribution < -0.4 is 0 Å². The Morgan fingerprint density at radius 1 is 0.123 bits per heavy atom. The Bertz CT molecular complexity index is 8800. The Kier molecular flexibility index (Phi) is 20.8. The molecule has 23 aromatic carbocycles. The number of aryl methyl sites for hydroxylation is 2. The van der Waals surface area contributed by atoms with Gasteiger partial charge in [-0.15, -0.1) is 0 Å². The van der Waals surface area contributed by atoms with E-state index in [1.165, 1.54) is 270 Å². The summed E-state index contributed by atoms with van der Waals surface area (Å²) in [5.41, 5.74) is 48.1. The van der Waals surface area contributed by atoms with Gasteiger partial charge in [-0.3, -0.25) is 0 Å². The highest BCUT2D eigenvalue weighted by molar-refractivity contribution is 6.26. The van der Waals surface area contributed by atoms with Crippen LogP contribution in [0.1, 0.15) is 91.6 Å². The van der Waals surface area contributed by atoms with Crippen molar-refractivity contribution in [2.24, 2.45) is 0 Å². The molecular formula is C138H104. The molecule has 0 fully saturated rings. The van der Waals surface area contributed by atoms with E-state index < -0.39 is 0 Å². The Hall–Kier alpha value is -16.4. The molecular weight excluding hydrogens is 1660 g/mol. The first-order valence-corrected chi connectivity index (χ1v) is 48.7. The summed E-state index contributed by atoms with van der Waals surface area (Å²) in [6.45, 7) is 20.9. The van der Waals surface area contributed by atoms with Crippen LogP contribution >= 0.6 is 0 Å². The van der Waals surface area contributed by atoms with Crippen molar-refractivity contribution < 1.29 is 0 Å². The van der Waals surface area contributed by atoms with Crippen LogP contribution in [0.25, 0.3) is 220 Å². The van der Waals surface area contributed by atoms with Crippen molar-refractivity contribution in [2.75, 3.05) is 0 Å². The molecule has 656 valence electrons. The molecule has 0 atom stereocenters. The molecule has 0 aromatic heterocycles. The predicted molar refractivity (Wildman–Crippen MR) is 591 cm³/mol. The lowest BCUT2D eigenvalue weighted by Gasteiger charge is -2.23. The lowest BCUT2D eigenvalue weighted by atomic mass is 9.80. The van der Waals surface area contributed by atoms with Crippen LogP contribution in [0.3, 0.4) is 0 Å². The van der Waals surface area contributed by atoms with Gasteiger partial charge in [0.15, 0.2) is 0 Å². The fourth-order valence-corrected chi connectivity index (χ4v) is 23.6. The van der Waals surface area contributed by atoms with Crippen molar-refractivity contribution in [3.8, 4) is 156 Å². The maximum Gasteiger partial charge on any atom is 0.0159 e. The van der Waals surface area contributed by atoms with Crippen LogP contribution in [0.15, 0.2) is 467 Å². The van der Waals surface area contributed by atoms with Crippen LogP contribution in [-0.4, -0.2) is 0 Å². The topological polar surface area (TPSA) is 0 Å². The molecule has 3 aliphatic carbocycles. The van der Waals surface area contributed by atoms with Crippen LogP contribution in [0.4, 0.5) is 0 Å². The SMILES string of the molecule is CC1(C)c2ccccc2-c2ccc(-c3c4ccccc4c(-c4cccc(-c5ccccc5)c4)c4ccc(-c5ccccc5)cc34)cc21.CC1(C)c2ccccc2-c2ccc(-c3c4ccccc4c(-c4ccccc4-c4ccccc4)c4ccc(-c5ccccc5)cc34)cc21.Cc1cc(-c2c3ccccc3c(-c3ccc4c(c3)C(C)(C)c3ccccc3-4)c3cc(-c4ccccc4)ccc23)cc(C)c1C. The van der Waals surface area contributed by atoms with Crippen molar-refractivity contribution >= 4 is 64.6 Å². The Morgan fingerprint density at radius 2 is 0.348 bits per heavy atom. The van der Waals surface area contributed by atoms with Gasteiger partial charge in [0.05, 0.1) is 0 Å². The second kappa shape index (κ2) is 33.9. The number of fused-ring (bicyclic) bond motifs is 15. The van der Waals surface area contributed by atoms with Gasteiger partial charge >= 0.3 is 0 Å². The van der Waals surface area contributed by atoms with E-state index in [-0.39, 0.29) is 16.2 Å². The average Bonchev–Trinajstić information content (AvgIpc) is 1.41. The highest BCUT2D eigenvalue weighted by Gasteiger charge is 2.39. The Labute approximate surface area is 810 Å². The normalized spacial score (nSPS) is 13.1. The highest BCUT2D eigenvalue weighted by Crippen LogP contribution is 2.58. The molecule has 138 heavy (non-hydrogen) atoms. The van der Waals surface area contributed by atoms with Gasteiger partial charge in [0.2, 0.25) is 0 Å². The fourth-order valence-electron chi connectivity index (χ4n) is 23.6. The first kappa shape index (κ1) is 84.6. The van der Waals surface area contributed by atoms with Crippen LogP contribution in [0.5, 0.6) is 0 Å². The van der Waals surface area contributed by atoms with Gasteiger partial charge in [-0.2, -0.15) is 0 Å². The van der Waals surface area contributed by atoms with Gasteiger partial charge in [-0.25, -0.2) is 0 Å². The van der Waals surface area contributed by atoms with E-state index >= 15 is 0 Å². The van der Waals surface area contributed by atoms with Crippen LogP contribution in [0, 0.1) is 20.8 Å². The smallest absolute Gasteiger partial charge is 0.0159 e. The molecule has 0 heteroatoms. The molecule has 0 amide bonds. The summed E-state index contributed by atoms with van der Waals surface area (Å²) >= 11 is 0. The first-order chi connectivity index (χ1) is 67.5. The van der Waals surface area contributed by atoms with Crippen molar-refractivity contribution in [2.45, 2.75) is 78.6 Å². The lowest BCUT2D eigenvalue weighted by molar-refractivity contribution is 0.660. The van der Waals surface area contributed by atoms with E-state index in [1.807, 2.05) is 0 Å². The van der Waals surface area contributed by atoms with Gasteiger partial charge in [-0.1, -0.05) is 466 Å². The molecule has 0 unspecified atom stereocenters. The Morgan fingerprint density at radius 3 is 0.696 bits per heavy atom. The third-order valence-electron chi connectivity index (χ3n) is 30.8. The highest BCUT2D eigenvalue weighted by atomic mass is 14.4. The first-order valence-electron chi connectivity index (χ1n) is 48.7. The molecule has 23 aromatic rings. The van der Waals surface area contributed by atoms with Gasteiger partial charge in [0.25, 0.3) is 0 Å². The minimum atomic E-state index is -0.0721. The van der Waals surface area contributed by atoms with Gasteiger partial charge < -0.3 is 0 Å². The molecule has 26 rings (SSSR count). The molecule has 0 spiro atoms. The molecule has 0 saturated carbocycles. The number of benzene rings is 23. The lowest BCUT2D eigenvalue weighted by Crippen LogP contribution is -2.14. The maximum absolute atomic E-state index is 2.48. The predicted octanol–water partition coefficient (Wildman–Crippen LogP) is 38.2. The molecule has 0 nitrogen and oxygen atoms in total. The molecule has 0 bridgehead atoms. The second-order valence-electron chi connectivity index (χ2n) is 39.7. The van der Waals surface area contributed by atoms with Crippen LogP contribution in [-0.2, 0) is 16.2 Å². The van der Waals surface area contributed by atoms with E-state index in [4.69, 9.17) is 0 Å². The quantitative estimate of drug-likeness (QED) is 0.113. The van der Waals surface area contributed by atoms with E-state index in [9.17, 15) is 0 Å². The monoisotopic (exact) mass is 1760 g/mol. The van der Waals surface area contributed by atoms with E-state index in [2.05, 4.69) is 529 Å². The van der Waals surface area contributed by atoms with Gasteiger partial charge in [-0.05, 0) is 334 Å². The largest absolute Gasteiger partial charge is 0.0622 e. The standard InChI is InChI=1S/2C47H34.C44H36/c1-47(2)43-24-14-13-20-36(43)37-27-26-34(30-44(37)47)45-39-22-11-12-23-40(39)46(38-21-10-9-19-35(38)32-17-7-4-8-18-32)41-28-25-33(29-42(41)45)31-15-5-3-6-16-31;1-47(2)43-23-12-11-20-37(43)38-26-25-36(30-44(38)47)46-40-22-10-9-21-39(40)45(35-19-13-18-33(28-35)31-14-5-3-6-15-31)41-27-24-34(29-42(41)46)32-16-7-4-8-17-32;1-27-23-33(24-28(2)29(27)3)43-37-17-10-9-16-36(37)42(39-25-31(19-22-38(39)43)30-13-7-6-8-14-30)32-20-21-35-34-15-11-12-18-40(34)44(4,5)41(35)26-32/h2*3-30H,1-2H3;6-26H,1-5H3. The summed E-state index contributed by atoms with van der Waals surface area (Å²) < 4.78 is 0. The van der Waals surface area contributed by atoms with E-state index in [1.54, 1.807) is 0 Å². The van der Waals surface area contributed by atoms with E-state index in [0.717, 1.165) is 0 Å². The molecule has 0 saturated heterocycles. The Balaban J connectivity index is 0.000000113. The second-order valence-corrected chi connectivity index (χ2v) is 39.7. The fraction of sp³-hybridized carbons (Fsp3) is 0.0870. The maximum atomic E-state index is 2.48. The molecule has 3 aliphatic rings. The minimum absolute atomic E-state index is 0.0559. The zero-order valence-electron chi connectivity index (χ0n) is 79.5. The zero-order valence-corrected chi connectivity index (χ0v) is 79.5. The van der Waals surface area contributed by atoms with Crippen molar-refractivity contribution in [3.05, 3.63) is 517 Å². The number of rotatable bonds is 11. The summed E-state index contributed by atoms with van der Waals surface area (Å²) in [6.07, 6.45) is 0. The van der Waals surface area contributed by atoms with Gasteiger partial charge in [0.1, 0.15) is 0 Å². The summed E-state index contributed by atoms with van der Waals surface area (Å²) in [4.78, 5) is 0. The molecule has 0 radical (unpaired) electrons. The summed E-state index contributed by atoms with van der Waals surface area (Å²) in [6, 6.07) is 173. The van der Waals surface area contributed by atoms with Crippen molar-refractivity contribution in [1.29, 1.82) is 0 Å². The minimum Gasteiger partial charge on any atom is -0.0622 e. The average molecular weight is 1760 g/mol. The number of hydrogen-bond acceptors (Lipinski definition) is 0. The van der Waals surface area contributed by atoms with Crippen molar-refractivity contribution in [1.82, 2.24) is 0 Å². The van der Waals surface area contributed by atoms with Crippen LogP contribution in [0.2, 0.25) is 0 Å². The summed E-state index contributed by atoms with van der Waals surface area (Å²) in [7, 11) is 0. The zero-order chi connectivity index (χ0) is 93.2. The summed E-state index contributed by atoms with van der Waals surface area (Å²) in [5.74, 6) is 0. The third-order valence-corrected chi connectivity index (χ3v) is 30.8. The van der Waals surface area contributed by atoms with E-state index in [0.29, 0.717) is 0 Å². The third kappa shape index (κ3) is 14.2. The molecule has 0 N–H and O–H groups in total. The van der Waals surface area contributed by atoms with Crippen molar-refractivity contribution in [3.63, 3.8) is 0 Å². The molecule has 0 heterocycles.